The fourth-order valence-electron chi connectivity index (χ4n) is 1.89. The molecule has 0 bridgehead atoms. The molecule has 0 unspecified atom stereocenters. The maximum absolute atomic E-state index is 11.8. The number of likely N-dealkylation sites (tertiary alicyclic amines) is 1. The van der Waals surface area contributed by atoms with E-state index in [1.54, 1.807) is 4.90 Å². The highest BCUT2D eigenvalue weighted by Gasteiger charge is 2.24. The maximum atomic E-state index is 11.8. The monoisotopic (exact) mass is 263 g/mol. The number of rotatable bonds is 5. The minimum atomic E-state index is -3.36. The summed E-state index contributed by atoms with van der Waals surface area (Å²) in [5, 5.41) is 8.58. The van der Waals surface area contributed by atoms with Crippen LogP contribution in [0.25, 0.3) is 0 Å². The van der Waals surface area contributed by atoms with Crippen LogP contribution in [0.3, 0.4) is 0 Å². The van der Waals surface area contributed by atoms with E-state index in [1.165, 1.54) is 0 Å². The summed E-state index contributed by atoms with van der Waals surface area (Å²) < 4.78 is 23.1. The van der Waals surface area contributed by atoms with Gasteiger partial charge in [0, 0.05) is 19.7 Å². The Morgan fingerprint density at radius 1 is 1.35 bits per heavy atom. The third kappa shape index (κ3) is 5.04. The molecule has 1 aliphatic rings. The van der Waals surface area contributed by atoms with Gasteiger partial charge in [-0.25, -0.2) is 8.42 Å². The normalized spacial score (nSPS) is 18.4. The van der Waals surface area contributed by atoms with Gasteiger partial charge in [-0.05, 0) is 25.2 Å². The minimum Gasteiger partial charge on any atom is -0.396 e. The fraction of sp³-hybridized carbons (Fsp3) is 0.909. The zero-order chi connectivity index (χ0) is 12.9. The largest absolute Gasteiger partial charge is 0.396 e. The highest BCUT2D eigenvalue weighted by atomic mass is 32.2. The molecule has 0 radical (unpaired) electrons. The lowest BCUT2D eigenvalue weighted by molar-refractivity contribution is -0.129. The van der Waals surface area contributed by atoms with Crippen LogP contribution in [-0.2, 0) is 14.6 Å². The second-order valence-electron chi connectivity index (χ2n) is 4.73. The molecule has 5 nitrogen and oxygen atoms in total. The highest BCUT2D eigenvalue weighted by Crippen LogP contribution is 2.16. The first-order valence-corrected chi connectivity index (χ1v) is 7.86. The Morgan fingerprint density at radius 3 is 2.47 bits per heavy atom. The second kappa shape index (κ2) is 6.35. The summed E-state index contributed by atoms with van der Waals surface area (Å²) in [5.74, 6) is -0.208. The minimum absolute atomic E-state index is 0.112. The van der Waals surface area contributed by atoms with Crippen LogP contribution in [0.15, 0.2) is 0 Å². The number of amides is 1. The van der Waals surface area contributed by atoms with Crippen molar-refractivity contribution in [2.75, 3.05) is 31.2 Å². The first kappa shape index (κ1) is 14.4. The summed E-state index contributed by atoms with van der Waals surface area (Å²) in [6, 6.07) is 0. The molecule has 0 aromatic heterocycles. The lowest BCUT2D eigenvalue weighted by Gasteiger charge is -2.30. The van der Waals surface area contributed by atoms with Gasteiger partial charge in [0.15, 0.2) is 9.84 Å². The highest BCUT2D eigenvalue weighted by molar-refractivity contribution is 7.92. The Balaban J connectivity index is 2.43. The predicted molar refractivity (Wildman–Crippen MR) is 65.3 cm³/mol. The Hall–Kier alpha value is -0.620. The molecule has 1 rings (SSSR count). The average molecular weight is 263 g/mol. The third-order valence-electron chi connectivity index (χ3n) is 3.09. The quantitative estimate of drug-likeness (QED) is 0.760. The van der Waals surface area contributed by atoms with E-state index in [9.17, 15) is 13.2 Å². The molecular formula is C11H21NO4S. The van der Waals surface area contributed by atoms with Gasteiger partial charge in [0.25, 0.3) is 0 Å². The van der Waals surface area contributed by atoms with Crippen LogP contribution >= 0.6 is 0 Å². The van der Waals surface area contributed by atoms with Gasteiger partial charge in [-0.15, -0.1) is 0 Å². The summed E-state index contributed by atoms with van der Waals surface area (Å²) in [7, 11) is -3.36. The molecule has 6 heteroatoms. The molecule has 1 N–H and O–H groups in total. The van der Waals surface area contributed by atoms with Crippen molar-refractivity contribution in [2.45, 2.75) is 26.2 Å². The van der Waals surface area contributed by atoms with Gasteiger partial charge in [-0.2, -0.15) is 0 Å². The van der Waals surface area contributed by atoms with Crippen molar-refractivity contribution < 1.29 is 18.3 Å². The second-order valence-corrected chi connectivity index (χ2v) is 6.92. The molecule has 1 aliphatic heterocycles. The van der Waals surface area contributed by atoms with Gasteiger partial charge in [0.1, 0.15) is 5.75 Å². The van der Waals surface area contributed by atoms with Crippen LogP contribution in [0.1, 0.15) is 26.2 Å². The smallest absolute Gasteiger partial charge is 0.237 e. The SMILES string of the molecule is CC1CCN(C(=O)CS(=O)(=O)CCCO)CC1. The van der Waals surface area contributed by atoms with Crippen molar-refractivity contribution in [2.24, 2.45) is 5.92 Å². The summed E-state index contributed by atoms with van der Waals surface area (Å²) in [4.78, 5) is 13.4. The van der Waals surface area contributed by atoms with Crippen LogP contribution in [0, 0.1) is 5.92 Å². The first-order chi connectivity index (χ1) is 7.94. The zero-order valence-corrected chi connectivity index (χ0v) is 11.1. The van der Waals surface area contributed by atoms with Crippen molar-refractivity contribution in [3.8, 4) is 0 Å². The molecule has 0 atom stereocenters. The van der Waals surface area contributed by atoms with Crippen molar-refractivity contribution in [3.05, 3.63) is 0 Å². The van der Waals surface area contributed by atoms with Crippen LogP contribution in [0.4, 0.5) is 0 Å². The van der Waals surface area contributed by atoms with E-state index < -0.39 is 15.6 Å². The number of aliphatic hydroxyl groups is 1. The van der Waals surface area contributed by atoms with Crippen molar-refractivity contribution in [1.82, 2.24) is 4.90 Å². The molecule has 1 amide bonds. The van der Waals surface area contributed by atoms with Gasteiger partial charge in [0.2, 0.25) is 5.91 Å². The van der Waals surface area contributed by atoms with E-state index in [2.05, 4.69) is 6.92 Å². The molecule has 0 aliphatic carbocycles. The number of aliphatic hydroxyl groups excluding tert-OH is 1. The van der Waals surface area contributed by atoms with Gasteiger partial charge < -0.3 is 10.0 Å². The molecular weight excluding hydrogens is 242 g/mol. The number of hydrogen-bond donors (Lipinski definition) is 1. The molecule has 0 spiro atoms. The van der Waals surface area contributed by atoms with Crippen molar-refractivity contribution in [3.63, 3.8) is 0 Å². The summed E-state index contributed by atoms with van der Waals surface area (Å²) >= 11 is 0. The van der Waals surface area contributed by atoms with E-state index >= 15 is 0 Å². The Kier molecular flexibility index (Phi) is 5.39. The van der Waals surface area contributed by atoms with E-state index in [0.29, 0.717) is 19.0 Å². The standard InChI is InChI=1S/C11H21NO4S/c1-10-3-5-12(6-4-10)11(14)9-17(15,16)8-2-7-13/h10,13H,2-9H2,1H3. The Morgan fingerprint density at radius 2 is 1.94 bits per heavy atom. The maximum Gasteiger partial charge on any atom is 0.237 e. The lowest BCUT2D eigenvalue weighted by Crippen LogP contribution is -2.41. The van der Waals surface area contributed by atoms with Crippen molar-refractivity contribution >= 4 is 15.7 Å². The van der Waals surface area contributed by atoms with E-state index in [1.807, 2.05) is 0 Å². The number of nitrogens with zero attached hydrogens (tertiary/aromatic N) is 1. The molecule has 1 heterocycles. The number of carbonyl (C=O) groups is 1. The Labute approximate surface area is 103 Å². The van der Waals surface area contributed by atoms with E-state index in [4.69, 9.17) is 5.11 Å². The van der Waals surface area contributed by atoms with E-state index in [0.717, 1.165) is 12.8 Å². The summed E-state index contributed by atoms with van der Waals surface area (Å²) in [6.07, 6.45) is 2.09. The number of piperidine rings is 1. The summed E-state index contributed by atoms with van der Waals surface area (Å²) in [6.45, 7) is 3.31. The zero-order valence-electron chi connectivity index (χ0n) is 10.3. The molecule has 0 aromatic carbocycles. The number of sulfone groups is 1. The molecule has 1 saturated heterocycles. The topological polar surface area (TPSA) is 74.7 Å². The molecule has 100 valence electrons. The van der Waals surface area contributed by atoms with E-state index in [-0.39, 0.29) is 24.7 Å². The summed E-state index contributed by atoms with van der Waals surface area (Å²) in [5.41, 5.74) is 0. The van der Waals surface area contributed by atoms with Gasteiger partial charge in [-0.3, -0.25) is 4.79 Å². The Bertz CT molecular complexity index is 344. The molecule has 1 fully saturated rings. The first-order valence-electron chi connectivity index (χ1n) is 6.03. The fourth-order valence-corrected chi connectivity index (χ4v) is 3.17. The van der Waals surface area contributed by atoms with Gasteiger partial charge >= 0.3 is 0 Å². The van der Waals surface area contributed by atoms with Crippen LogP contribution < -0.4 is 0 Å². The van der Waals surface area contributed by atoms with Crippen LogP contribution in [0.2, 0.25) is 0 Å². The predicted octanol–water partition coefficient (Wildman–Crippen LogP) is 0.0421. The van der Waals surface area contributed by atoms with Crippen LogP contribution in [0.5, 0.6) is 0 Å². The van der Waals surface area contributed by atoms with Gasteiger partial charge in [-0.1, -0.05) is 6.92 Å². The van der Waals surface area contributed by atoms with Gasteiger partial charge in [0.05, 0.1) is 5.75 Å². The number of carbonyl (C=O) groups excluding carboxylic acids is 1. The number of hydrogen-bond acceptors (Lipinski definition) is 4. The van der Waals surface area contributed by atoms with Crippen LogP contribution in [-0.4, -0.2) is 55.5 Å². The molecule has 0 saturated carbocycles. The third-order valence-corrected chi connectivity index (χ3v) is 4.69. The average Bonchev–Trinajstić information content (AvgIpc) is 2.26. The van der Waals surface area contributed by atoms with Crippen molar-refractivity contribution in [1.29, 1.82) is 0 Å². The lowest BCUT2D eigenvalue weighted by atomic mass is 9.99. The molecule has 0 aromatic rings. The molecule has 17 heavy (non-hydrogen) atoms.